The molecule has 4 heterocycles. The Kier molecular flexibility index (Phi) is 5.59. The van der Waals surface area contributed by atoms with E-state index in [-0.39, 0.29) is 17.2 Å². The summed E-state index contributed by atoms with van der Waals surface area (Å²) in [7, 11) is 1.68. The van der Waals surface area contributed by atoms with E-state index in [9.17, 15) is 9.18 Å². The monoisotopic (exact) mass is 436 g/mol. The number of aromatic nitrogens is 3. The van der Waals surface area contributed by atoms with E-state index in [1.54, 1.807) is 7.05 Å². The maximum absolute atomic E-state index is 14.3. The molecule has 0 amide bonds. The van der Waals surface area contributed by atoms with Crippen LogP contribution in [0.5, 0.6) is 0 Å². The molecular formula is C23H25FN6O2. The summed E-state index contributed by atoms with van der Waals surface area (Å²) in [6.45, 7) is 4.51. The van der Waals surface area contributed by atoms with Crippen LogP contribution < -0.4 is 20.7 Å². The average molecular weight is 436 g/mol. The van der Waals surface area contributed by atoms with Crippen molar-refractivity contribution in [2.75, 3.05) is 49.3 Å². The van der Waals surface area contributed by atoms with Gasteiger partial charge in [-0.2, -0.15) is 0 Å². The molecule has 0 aliphatic carbocycles. The summed E-state index contributed by atoms with van der Waals surface area (Å²) in [5.74, 6) is -0.0101. The fraction of sp³-hybridized carbons (Fsp3) is 0.348. The number of nitrogens with zero attached hydrogens (tertiary/aromatic N) is 5. The lowest BCUT2D eigenvalue weighted by Crippen LogP contribution is -2.41. The van der Waals surface area contributed by atoms with Crippen molar-refractivity contribution in [3.63, 3.8) is 0 Å². The van der Waals surface area contributed by atoms with Gasteiger partial charge in [0.15, 0.2) is 5.82 Å². The number of hydrogen-bond acceptors (Lipinski definition) is 7. The second-order valence-corrected chi connectivity index (χ2v) is 8.01. The number of halogens is 1. The summed E-state index contributed by atoms with van der Waals surface area (Å²) in [6, 6.07) is 11.3. The first-order valence-corrected chi connectivity index (χ1v) is 10.7. The number of hydrogen-bond donors (Lipinski definition) is 1. The van der Waals surface area contributed by atoms with Crippen molar-refractivity contribution < 1.29 is 9.13 Å². The van der Waals surface area contributed by atoms with Gasteiger partial charge in [-0.05, 0) is 23.8 Å². The van der Waals surface area contributed by atoms with Crippen LogP contribution in [0.4, 0.5) is 16.0 Å². The Hall–Kier alpha value is -3.30. The van der Waals surface area contributed by atoms with Gasteiger partial charge in [0.25, 0.3) is 5.56 Å². The zero-order valence-corrected chi connectivity index (χ0v) is 17.9. The number of ether oxygens (including phenoxy) is 1. The molecule has 2 aromatic heterocycles. The minimum absolute atomic E-state index is 0.146. The normalized spacial score (nSPS) is 18.9. The van der Waals surface area contributed by atoms with E-state index >= 15 is 0 Å². The molecule has 1 N–H and O–H groups in total. The summed E-state index contributed by atoms with van der Waals surface area (Å²) >= 11 is 0. The SMILES string of the molecule is Cn1c(N2CCOC(c3ccc(N4CCNC4)cc3)C2)nc(-c2ccncc2F)cc1=O. The maximum Gasteiger partial charge on any atom is 0.255 e. The van der Waals surface area contributed by atoms with Gasteiger partial charge in [-0.15, -0.1) is 0 Å². The lowest BCUT2D eigenvalue weighted by Gasteiger charge is -2.34. The molecule has 1 unspecified atom stereocenters. The van der Waals surface area contributed by atoms with Gasteiger partial charge < -0.3 is 14.5 Å². The molecule has 1 atom stereocenters. The van der Waals surface area contributed by atoms with Crippen molar-refractivity contribution >= 4 is 11.6 Å². The lowest BCUT2D eigenvalue weighted by atomic mass is 10.1. The Morgan fingerprint density at radius 2 is 2.00 bits per heavy atom. The Morgan fingerprint density at radius 1 is 1.16 bits per heavy atom. The number of morpholine rings is 1. The summed E-state index contributed by atoms with van der Waals surface area (Å²) in [4.78, 5) is 25.3. The zero-order chi connectivity index (χ0) is 22.1. The second-order valence-electron chi connectivity index (χ2n) is 8.01. The Balaban J connectivity index is 1.40. The first-order valence-electron chi connectivity index (χ1n) is 10.7. The molecule has 2 saturated heterocycles. The van der Waals surface area contributed by atoms with Gasteiger partial charge in [0.1, 0.15) is 6.10 Å². The molecule has 166 valence electrons. The highest BCUT2D eigenvalue weighted by Gasteiger charge is 2.26. The molecule has 0 bridgehead atoms. The van der Waals surface area contributed by atoms with Gasteiger partial charge in [0.05, 0.1) is 31.7 Å². The van der Waals surface area contributed by atoms with E-state index in [1.165, 1.54) is 28.6 Å². The smallest absolute Gasteiger partial charge is 0.255 e. The predicted molar refractivity (Wildman–Crippen MR) is 120 cm³/mol. The van der Waals surface area contributed by atoms with Crippen LogP contribution in [-0.2, 0) is 11.8 Å². The van der Waals surface area contributed by atoms with Crippen LogP contribution in [0.3, 0.4) is 0 Å². The standard InChI is InChI=1S/C23H25FN6O2/c1-28-22(31)12-20(18-6-7-25-13-19(18)24)27-23(28)29-10-11-32-21(14-29)16-2-4-17(5-3-16)30-9-8-26-15-30/h2-7,12-13,21,26H,8-11,14-15H2,1H3. The number of pyridine rings is 1. The van der Waals surface area contributed by atoms with E-state index in [0.717, 1.165) is 31.5 Å². The summed E-state index contributed by atoms with van der Waals surface area (Å²) in [6.07, 6.45) is 2.47. The van der Waals surface area contributed by atoms with Crippen molar-refractivity contribution in [1.29, 1.82) is 0 Å². The van der Waals surface area contributed by atoms with Crippen LogP contribution in [0.25, 0.3) is 11.3 Å². The molecule has 0 saturated carbocycles. The lowest BCUT2D eigenvalue weighted by molar-refractivity contribution is 0.0390. The van der Waals surface area contributed by atoms with Crippen molar-refractivity contribution in [3.8, 4) is 11.3 Å². The molecule has 32 heavy (non-hydrogen) atoms. The minimum atomic E-state index is -0.507. The molecule has 5 rings (SSSR count). The fourth-order valence-corrected chi connectivity index (χ4v) is 4.19. The molecular weight excluding hydrogens is 411 g/mol. The molecule has 2 fully saturated rings. The van der Waals surface area contributed by atoms with Crippen LogP contribution in [0.15, 0.2) is 53.6 Å². The Bertz CT molecular complexity index is 1160. The largest absolute Gasteiger partial charge is 0.370 e. The van der Waals surface area contributed by atoms with Gasteiger partial charge in [-0.25, -0.2) is 9.37 Å². The highest BCUT2D eigenvalue weighted by molar-refractivity contribution is 5.60. The predicted octanol–water partition coefficient (Wildman–Crippen LogP) is 1.93. The van der Waals surface area contributed by atoms with Gasteiger partial charge in [0, 0.05) is 50.2 Å². The third-order valence-electron chi connectivity index (χ3n) is 6.00. The average Bonchev–Trinajstić information content (AvgIpc) is 3.36. The van der Waals surface area contributed by atoms with E-state index in [0.29, 0.717) is 31.3 Å². The number of nitrogens with one attached hydrogen (secondary N) is 1. The number of rotatable bonds is 4. The second kappa shape index (κ2) is 8.68. The van der Waals surface area contributed by atoms with Gasteiger partial charge in [-0.1, -0.05) is 12.1 Å². The van der Waals surface area contributed by atoms with Gasteiger partial charge >= 0.3 is 0 Å². The van der Waals surface area contributed by atoms with Crippen molar-refractivity contribution in [2.45, 2.75) is 6.10 Å². The first kappa shape index (κ1) is 20.6. The molecule has 2 aliphatic rings. The van der Waals surface area contributed by atoms with Gasteiger partial charge in [-0.3, -0.25) is 19.7 Å². The Morgan fingerprint density at radius 3 is 2.75 bits per heavy atom. The molecule has 0 radical (unpaired) electrons. The van der Waals surface area contributed by atoms with E-state index < -0.39 is 5.82 Å². The molecule has 9 heteroatoms. The van der Waals surface area contributed by atoms with Crippen molar-refractivity contribution in [2.24, 2.45) is 7.05 Å². The molecule has 2 aliphatic heterocycles. The third-order valence-corrected chi connectivity index (χ3v) is 6.00. The van der Waals surface area contributed by atoms with Crippen molar-refractivity contribution in [1.82, 2.24) is 19.9 Å². The Labute approximate surface area is 185 Å². The van der Waals surface area contributed by atoms with E-state index in [2.05, 4.69) is 44.5 Å². The van der Waals surface area contributed by atoms with Crippen molar-refractivity contribution in [3.05, 3.63) is 70.5 Å². The van der Waals surface area contributed by atoms with E-state index in [4.69, 9.17) is 4.74 Å². The van der Waals surface area contributed by atoms with Gasteiger partial charge in [0.2, 0.25) is 5.95 Å². The maximum atomic E-state index is 14.3. The zero-order valence-electron chi connectivity index (χ0n) is 17.9. The van der Waals surface area contributed by atoms with Crippen LogP contribution in [-0.4, -0.2) is 54.0 Å². The highest BCUT2D eigenvalue weighted by Crippen LogP contribution is 2.28. The quantitative estimate of drug-likeness (QED) is 0.670. The van der Waals surface area contributed by atoms with Crippen LogP contribution in [0.2, 0.25) is 0 Å². The fourth-order valence-electron chi connectivity index (χ4n) is 4.19. The highest BCUT2D eigenvalue weighted by atomic mass is 19.1. The summed E-state index contributed by atoms with van der Waals surface area (Å²) in [5, 5.41) is 3.34. The molecule has 0 spiro atoms. The topological polar surface area (TPSA) is 75.5 Å². The molecule has 3 aromatic rings. The molecule has 8 nitrogen and oxygen atoms in total. The summed E-state index contributed by atoms with van der Waals surface area (Å²) < 4.78 is 21.8. The number of benzene rings is 1. The van der Waals surface area contributed by atoms with Crippen LogP contribution in [0.1, 0.15) is 11.7 Å². The summed E-state index contributed by atoms with van der Waals surface area (Å²) in [5.41, 5.74) is 2.58. The third kappa shape index (κ3) is 3.96. The minimum Gasteiger partial charge on any atom is -0.370 e. The van der Waals surface area contributed by atoms with Crippen LogP contribution in [0, 0.1) is 5.82 Å². The van der Waals surface area contributed by atoms with Crippen LogP contribution >= 0.6 is 0 Å². The number of anilines is 2. The first-order chi connectivity index (χ1) is 15.6. The molecule has 1 aromatic carbocycles. The van der Waals surface area contributed by atoms with E-state index in [1.807, 2.05) is 4.90 Å².